The van der Waals surface area contributed by atoms with Crippen LogP contribution in [0.3, 0.4) is 0 Å². The standard InChI is InChI=1S/C21H19BrN2O5/c1-26-21(25)13-3-5-16-17(8-13)24(10-14-6-7-27-14)18(23-16)9-12-2-4-15(22)20-19(12)28-11-29-20/h2-5,8,14H,6-7,9-11H2,1H3/t14-/m0/s1. The zero-order valence-corrected chi connectivity index (χ0v) is 17.4. The summed E-state index contributed by atoms with van der Waals surface area (Å²) in [4.78, 5) is 16.8. The maximum atomic E-state index is 12.0. The Labute approximate surface area is 175 Å². The first-order valence-corrected chi connectivity index (χ1v) is 10.2. The van der Waals surface area contributed by atoms with Gasteiger partial charge in [0.15, 0.2) is 11.5 Å². The quantitative estimate of drug-likeness (QED) is 0.542. The van der Waals surface area contributed by atoms with Gasteiger partial charge in [0.05, 0.1) is 40.8 Å². The lowest BCUT2D eigenvalue weighted by Gasteiger charge is -2.27. The molecule has 3 heterocycles. The van der Waals surface area contributed by atoms with E-state index < -0.39 is 0 Å². The number of methoxy groups -OCH3 is 1. The fraction of sp³-hybridized carbons (Fsp3) is 0.333. The third-order valence-electron chi connectivity index (χ3n) is 5.33. The summed E-state index contributed by atoms with van der Waals surface area (Å²) in [5.74, 6) is 1.99. The lowest BCUT2D eigenvalue weighted by atomic mass is 10.1. The van der Waals surface area contributed by atoms with Crippen molar-refractivity contribution < 1.29 is 23.7 Å². The third kappa shape index (κ3) is 3.26. The van der Waals surface area contributed by atoms with Gasteiger partial charge in [0.2, 0.25) is 6.79 Å². The number of esters is 1. The van der Waals surface area contributed by atoms with Crippen molar-refractivity contribution in [2.45, 2.75) is 25.5 Å². The zero-order valence-electron chi connectivity index (χ0n) is 15.8. The molecule has 0 spiro atoms. The lowest BCUT2D eigenvalue weighted by Crippen LogP contribution is -2.31. The van der Waals surface area contributed by atoms with Crippen LogP contribution >= 0.6 is 15.9 Å². The molecular weight excluding hydrogens is 440 g/mol. The van der Waals surface area contributed by atoms with Crippen LogP contribution in [0, 0.1) is 0 Å². The molecule has 0 amide bonds. The molecule has 2 aliphatic rings. The maximum absolute atomic E-state index is 12.0. The molecule has 0 saturated carbocycles. The molecule has 29 heavy (non-hydrogen) atoms. The van der Waals surface area contributed by atoms with Crippen molar-refractivity contribution in [3.63, 3.8) is 0 Å². The van der Waals surface area contributed by atoms with Gasteiger partial charge in [-0.05, 0) is 46.6 Å². The normalized spacial score (nSPS) is 17.4. The van der Waals surface area contributed by atoms with E-state index in [1.807, 2.05) is 24.3 Å². The Morgan fingerprint density at radius 3 is 2.86 bits per heavy atom. The van der Waals surface area contributed by atoms with E-state index in [2.05, 4.69) is 20.5 Å². The first-order valence-electron chi connectivity index (χ1n) is 9.40. The summed E-state index contributed by atoms with van der Waals surface area (Å²) < 4.78 is 24.8. The minimum atomic E-state index is -0.364. The summed E-state index contributed by atoms with van der Waals surface area (Å²) in [6, 6.07) is 9.40. The minimum absolute atomic E-state index is 0.156. The van der Waals surface area contributed by atoms with E-state index in [-0.39, 0.29) is 18.9 Å². The second-order valence-electron chi connectivity index (χ2n) is 7.06. The van der Waals surface area contributed by atoms with Crippen LogP contribution in [0.15, 0.2) is 34.8 Å². The molecule has 1 saturated heterocycles. The second-order valence-corrected chi connectivity index (χ2v) is 7.92. The topological polar surface area (TPSA) is 71.8 Å². The van der Waals surface area contributed by atoms with E-state index in [9.17, 15) is 4.79 Å². The molecule has 3 aromatic rings. The molecule has 5 rings (SSSR count). The Kier molecular flexibility index (Phi) is 4.67. The van der Waals surface area contributed by atoms with Crippen LogP contribution in [0.4, 0.5) is 0 Å². The molecule has 0 bridgehead atoms. The molecule has 150 valence electrons. The smallest absolute Gasteiger partial charge is 0.337 e. The molecule has 1 fully saturated rings. The molecule has 0 N–H and O–H groups in total. The number of nitrogens with zero attached hydrogens (tertiary/aromatic N) is 2. The summed E-state index contributed by atoms with van der Waals surface area (Å²) in [5, 5.41) is 0. The van der Waals surface area contributed by atoms with Crippen molar-refractivity contribution in [1.82, 2.24) is 9.55 Å². The minimum Gasteiger partial charge on any atom is -0.465 e. The Bertz CT molecular complexity index is 1110. The summed E-state index contributed by atoms with van der Waals surface area (Å²) in [7, 11) is 1.38. The number of carbonyl (C=O) groups excluding carboxylic acids is 1. The van der Waals surface area contributed by atoms with Gasteiger partial charge >= 0.3 is 5.97 Å². The van der Waals surface area contributed by atoms with E-state index in [1.54, 1.807) is 6.07 Å². The summed E-state index contributed by atoms with van der Waals surface area (Å²) >= 11 is 3.50. The molecule has 0 unspecified atom stereocenters. The maximum Gasteiger partial charge on any atom is 0.337 e. The van der Waals surface area contributed by atoms with Crippen LogP contribution in [0.5, 0.6) is 11.5 Å². The van der Waals surface area contributed by atoms with Crippen LogP contribution in [-0.2, 0) is 22.4 Å². The molecule has 7 nitrogen and oxygen atoms in total. The van der Waals surface area contributed by atoms with Crippen molar-refractivity contribution in [3.05, 3.63) is 51.8 Å². The highest BCUT2D eigenvalue weighted by atomic mass is 79.9. The summed E-state index contributed by atoms with van der Waals surface area (Å²) in [6.07, 6.45) is 1.75. The first-order chi connectivity index (χ1) is 14.1. The number of fused-ring (bicyclic) bond motifs is 2. The number of halogens is 1. The number of benzene rings is 2. The van der Waals surface area contributed by atoms with E-state index in [0.717, 1.165) is 51.4 Å². The van der Waals surface area contributed by atoms with Gasteiger partial charge in [-0.2, -0.15) is 0 Å². The Morgan fingerprint density at radius 1 is 1.28 bits per heavy atom. The highest BCUT2D eigenvalue weighted by Crippen LogP contribution is 2.42. The monoisotopic (exact) mass is 458 g/mol. The third-order valence-corrected chi connectivity index (χ3v) is 5.95. The number of carbonyl (C=O) groups is 1. The first kappa shape index (κ1) is 18.4. The largest absolute Gasteiger partial charge is 0.465 e. The van der Waals surface area contributed by atoms with E-state index >= 15 is 0 Å². The van der Waals surface area contributed by atoms with Crippen LogP contribution in [-0.4, -0.2) is 42.1 Å². The van der Waals surface area contributed by atoms with E-state index in [4.69, 9.17) is 23.9 Å². The van der Waals surface area contributed by atoms with Crippen molar-refractivity contribution in [1.29, 1.82) is 0 Å². The number of ether oxygens (including phenoxy) is 4. The van der Waals surface area contributed by atoms with Crippen LogP contribution in [0.1, 0.15) is 28.2 Å². The van der Waals surface area contributed by atoms with Crippen LogP contribution in [0.25, 0.3) is 11.0 Å². The van der Waals surface area contributed by atoms with Gasteiger partial charge in [0.25, 0.3) is 0 Å². The molecule has 0 aliphatic carbocycles. The van der Waals surface area contributed by atoms with Gasteiger partial charge in [-0.25, -0.2) is 9.78 Å². The van der Waals surface area contributed by atoms with Crippen molar-refractivity contribution in [2.75, 3.05) is 20.5 Å². The van der Waals surface area contributed by atoms with E-state index in [0.29, 0.717) is 18.5 Å². The van der Waals surface area contributed by atoms with Gasteiger partial charge in [-0.1, -0.05) is 6.07 Å². The van der Waals surface area contributed by atoms with E-state index in [1.165, 1.54) is 7.11 Å². The number of imidazole rings is 1. The molecule has 1 aromatic heterocycles. The van der Waals surface area contributed by atoms with Gasteiger partial charge in [-0.15, -0.1) is 0 Å². The molecule has 2 aromatic carbocycles. The lowest BCUT2D eigenvalue weighted by molar-refractivity contribution is -0.0589. The van der Waals surface area contributed by atoms with Crippen molar-refractivity contribution in [2.24, 2.45) is 0 Å². The Morgan fingerprint density at radius 2 is 2.10 bits per heavy atom. The van der Waals surface area contributed by atoms with Gasteiger partial charge < -0.3 is 23.5 Å². The average Bonchev–Trinajstić information content (AvgIpc) is 3.31. The van der Waals surface area contributed by atoms with Crippen molar-refractivity contribution in [3.8, 4) is 11.5 Å². The molecular formula is C21H19BrN2O5. The van der Waals surface area contributed by atoms with Gasteiger partial charge in [-0.3, -0.25) is 0 Å². The fourth-order valence-corrected chi connectivity index (χ4v) is 4.14. The SMILES string of the molecule is COC(=O)c1ccc2nc(Cc3ccc(Br)c4c3OCO4)n(C[C@@H]3CCO3)c2c1. The van der Waals surface area contributed by atoms with Crippen LogP contribution in [0.2, 0.25) is 0 Å². The predicted molar refractivity (Wildman–Crippen MR) is 109 cm³/mol. The number of hydrogen-bond donors (Lipinski definition) is 0. The summed E-state index contributed by atoms with van der Waals surface area (Å²) in [5.41, 5.74) is 3.23. The van der Waals surface area contributed by atoms with Gasteiger partial charge in [0.1, 0.15) is 5.82 Å². The molecule has 2 aliphatic heterocycles. The zero-order chi connectivity index (χ0) is 20.0. The van der Waals surface area contributed by atoms with Crippen LogP contribution < -0.4 is 9.47 Å². The Balaban J connectivity index is 1.58. The van der Waals surface area contributed by atoms with Crippen molar-refractivity contribution >= 4 is 32.9 Å². The molecule has 1 atom stereocenters. The predicted octanol–water partition coefficient (Wildman–Crippen LogP) is 3.69. The highest BCUT2D eigenvalue weighted by Gasteiger charge is 2.25. The molecule has 8 heteroatoms. The number of rotatable bonds is 5. The number of aromatic nitrogens is 2. The average molecular weight is 459 g/mol. The molecule has 0 radical (unpaired) electrons. The summed E-state index contributed by atoms with van der Waals surface area (Å²) in [6.45, 7) is 1.68. The Hall–Kier alpha value is -2.58. The second kappa shape index (κ2) is 7.35. The fourth-order valence-electron chi connectivity index (χ4n) is 3.72. The number of hydrogen-bond acceptors (Lipinski definition) is 6. The van der Waals surface area contributed by atoms with Gasteiger partial charge in [0, 0.05) is 18.6 Å². The highest BCUT2D eigenvalue weighted by molar-refractivity contribution is 9.10.